The van der Waals surface area contributed by atoms with E-state index in [0.29, 0.717) is 6.04 Å². The van der Waals surface area contributed by atoms with E-state index in [1.54, 1.807) is 6.07 Å². The topological polar surface area (TPSA) is 32.5 Å². The fourth-order valence-electron chi connectivity index (χ4n) is 2.45. The summed E-state index contributed by atoms with van der Waals surface area (Å²) in [6.07, 6.45) is 0. The van der Waals surface area contributed by atoms with Gasteiger partial charge in [-0.3, -0.25) is 0 Å². The maximum absolute atomic E-state index is 13.3. The molecule has 18 heavy (non-hydrogen) atoms. The van der Waals surface area contributed by atoms with Crippen molar-refractivity contribution in [3.05, 3.63) is 29.6 Å². The van der Waals surface area contributed by atoms with Gasteiger partial charge in [0.1, 0.15) is 5.82 Å². The van der Waals surface area contributed by atoms with E-state index in [1.807, 2.05) is 13.0 Å². The third-order valence-electron chi connectivity index (χ3n) is 3.78. The van der Waals surface area contributed by atoms with E-state index in [9.17, 15) is 4.39 Å². The van der Waals surface area contributed by atoms with Crippen LogP contribution in [0.2, 0.25) is 0 Å². The van der Waals surface area contributed by atoms with Crippen LogP contribution in [-0.4, -0.2) is 37.6 Å². The Morgan fingerprint density at radius 1 is 1.39 bits per heavy atom. The predicted molar refractivity (Wildman–Crippen MR) is 73.3 cm³/mol. The lowest BCUT2D eigenvalue weighted by molar-refractivity contribution is 0.234. The second-order valence-corrected chi connectivity index (χ2v) is 5.27. The number of halogens is 1. The van der Waals surface area contributed by atoms with Crippen molar-refractivity contribution in [3.63, 3.8) is 0 Å². The molecule has 0 aliphatic carbocycles. The molecule has 1 aliphatic rings. The molecule has 1 aromatic carbocycles. The molecule has 3 nitrogen and oxygen atoms in total. The van der Waals surface area contributed by atoms with Crippen LogP contribution in [0, 0.1) is 5.82 Å². The lowest BCUT2D eigenvalue weighted by atomic mass is 10.0. The van der Waals surface area contributed by atoms with Crippen molar-refractivity contribution in [2.75, 3.05) is 31.6 Å². The van der Waals surface area contributed by atoms with E-state index in [2.05, 4.69) is 23.8 Å². The number of hydrogen-bond donors (Lipinski definition) is 1. The van der Waals surface area contributed by atoms with Crippen LogP contribution in [0.15, 0.2) is 18.2 Å². The van der Waals surface area contributed by atoms with E-state index < -0.39 is 0 Å². The van der Waals surface area contributed by atoms with Gasteiger partial charge in [0.25, 0.3) is 0 Å². The quantitative estimate of drug-likeness (QED) is 0.872. The van der Waals surface area contributed by atoms with Crippen LogP contribution in [0.4, 0.5) is 10.1 Å². The average molecular weight is 251 g/mol. The number of benzene rings is 1. The monoisotopic (exact) mass is 251 g/mol. The zero-order valence-electron chi connectivity index (χ0n) is 11.4. The zero-order valence-corrected chi connectivity index (χ0v) is 11.4. The molecule has 2 atom stereocenters. The van der Waals surface area contributed by atoms with Crippen molar-refractivity contribution in [2.24, 2.45) is 5.73 Å². The van der Waals surface area contributed by atoms with Gasteiger partial charge < -0.3 is 15.5 Å². The molecular weight excluding hydrogens is 229 g/mol. The molecule has 4 heteroatoms. The van der Waals surface area contributed by atoms with Crippen molar-refractivity contribution in [2.45, 2.75) is 25.9 Å². The van der Waals surface area contributed by atoms with Gasteiger partial charge in [0.05, 0.1) is 0 Å². The maximum atomic E-state index is 13.3. The maximum Gasteiger partial charge on any atom is 0.123 e. The Labute approximate surface area is 108 Å². The summed E-state index contributed by atoms with van der Waals surface area (Å²) in [5.41, 5.74) is 7.92. The number of likely N-dealkylation sites (N-methyl/N-ethyl adjacent to an activating group) is 1. The van der Waals surface area contributed by atoms with E-state index in [-0.39, 0.29) is 11.9 Å². The smallest absolute Gasteiger partial charge is 0.123 e. The number of piperazine rings is 1. The van der Waals surface area contributed by atoms with Crippen LogP contribution < -0.4 is 10.6 Å². The van der Waals surface area contributed by atoms with Crippen molar-refractivity contribution in [3.8, 4) is 0 Å². The molecule has 0 radical (unpaired) electrons. The van der Waals surface area contributed by atoms with Gasteiger partial charge in [0.15, 0.2) is 0 Å². The Morgan fingerprint density at radius 3 is 2.72 bits per heavy atom. The van der Waals surface area contributed by atoms with Crippen LogP contribution in [0.25, 0.3) is 0 Å². The molecule has 0 spiro atoms. The third-order valence-corrected chi connectivity index (χ3v) is 3.78. The Kier molecular flexibility index (Phi) is 3.88. The number of hydrogen-bond acceptors (Lipinski definition) is 3. The molecule has 1 fully saturated rings. The minimum atomic E-state index is -0.215. The summed E-state index contributed by atoms with van der Waals surface area (Å²) < 4.78 is 13.3. The molecule has 0 bridgehead atoms. The highest BCUT2D eigenvalue weighted by Crippen LogP contribution is 2.27. The Hall–Kier alpha value is -1.13. The van der Waals surface area contributed by atoms with Gasteiger partial charge in [-0.2, -0.15) is 0 Å². The molecule has 0 amide bonds. The molecule has 2 N–H and O–H groups in total. The molecule has 2 rings (SSSR count). The van der Waals surface area contributed by atoms with E-state index in [4.69, 9.17) is 5.73 Å². The van der Waals surface area contributed by atoms with E-state index in [0.717, 1.165) is 30.9 Å². The van der Waals surface area contributed by atoms with Crippen LogP contribution in [0.1, 0.15) is 25.5 Å². The standard InChI is InChI=1S/C14H22FN3/c1-10-9-18(7-6-17(10)3)14-5-4-12(15)8-13(14)11(2)16/h4-5,8,10-11H,6-7,9,16H2,1-3H3/t10?,11-/m1/s1. The summed E-state index contributed by atoms with van der Waals surface area (Å²) >= 11 is 0. The van der Waals surface area contributed by atoms with Crippen LogP contribution in [0.3, 0.4) is 0 Å². The number of rotatable bonds is 2. The van der Waals surface area contributed by atoms with Gasteiger partial charge in [-0.15, -0.1) is 0 Å². The third kappa shape index (κ3) is 2.65. The fraction of sp³-hybridized carbons (Fsp3) is 0.571. The second kappa shape index (κ2) is 5.24. The van der Waals surface area contributed by atoms with Crippen molar-refractivity contribution in [1.29, 1.82) is 0 Å². The largest absolute Gasteiger partial charge is 0.368 e. The summed E-state index contributed by atoms with van der Waals surface area (Å²) in [5.74, 6) is -0.215. The lowest BCUT2D eigenvalue weighted by Crippen LogP contribution is -2.50. The molecule has 0 saturated carbocycles. The predicted octanol–water partition coefficient (Wildman–Crippen LogP) is 1.99. The highest BCUT2D eigenvalue weighted by Gasteiger charge is 2.23. The molecular formula is C14H22FN3. The number of nitrogens with two attached hydrogens (primary N) is 1. The zero-order chi connectivity index (χ0) is 13.3. The van der Waals surface area contributed by atoms with Gasteiger partial charge in [-0.25, -0.2) is 4.39 Å². The molecule has 1 aromatic rings. The van der Waals surface area contributed by atoms with E-state index >= 15 is 0 Å². The molecule has 1 saturated heterocycles. The summed E-state index contributed by atoms with van der Waals surface area (Å²) in [5, 5.41) is 0. The minimum absolute atomic E-state index is 0.148. The first-order valence-electron chi connectivity index (χ1n) is 6.49. The van der Waals surface area contributed by atoms with Gasteiger partial charge in [0, 0.05) is 37.4 Å². The van der Waals surface area contributed by atoms with Gasteiger partial charge in [-0.1, -0.05) is 0 Å². The first-order valence-corrected chi connectivity index (χ1v) is 6.49. The Bertz CT molecular complexity index is 420. The first-order chi connectivity index (χ1) is 8.49. The second-order valence-electron chi connectivity index (χ2n) is 5.27. The highest BCUT2D eigenvalue weighted by molar-refractivity contribution is 5.55. The SMILES string of the molecule is CC1CN(c2ccc(F)cc2[C@@H](C)N)CCN1C. The molecule has 1 unspecified atom stereocenters. The highest BCUT2D eigenvalue weighted by atomic mass is 19.1. The van der Waals surface area contributed by atoms with Crippen LogP contribution in [0.5, 0.6) is 0 Å². The lowest BCUT2D eigenvalue weighted by Gasteiger charge is -2.40. The van der Waals surface area contributed by atoms with Gasteiger partial charge in [-0.05, 0) is 44.7 Å². The first kappa shape index (κ1) is 13.3. The molecule has 0 aromatic heterocycles. The van der Waals surface area contributed by atoms with Crippen molar-refractivity contribution in [1.82, 2.24) is 4.90 Å². The van der Waals surface area contributed by atoms with Crippen LogP contribution in [-0.2, 0) is 0 Å². The summed E-state index contributed by atoms with van der Waals surface area (Å²) in [4.78, 5) is 4.65. The number of nitrogens with zero attached hydrogens (tertiary/aromatic N) is 2. The van der Waals surface area contributed by atoms with Gasteiger partial charge >= 0.3 is 0 Å². The molecule has 100 valence electrons. The summed E-state index contributed by atoms with van der Waals surface area (Å²) in [6.45, 7) is 7.06. The molecule has 1 heterocycles. The van der Waals surface area contributed by atoms with Crippen LogP contribution >= 0.6 is 0 Å². The molecule has 1 aliphatic heterocycles. The van der Waals surface area contributed by atoms with Crippen molar-refractivity contribution < 1.29 is 4.39 Å². The van der Waals surface area contributed by atoms with E-state index in [1.165, 1.54) is 6.07 Å². The minimum Gasteiger partial charge on any atom is -0.368 e. The summed E-state index contributed by atoms with van der Waals surface area (Å²) in [6, 6.07) is 5.29. The number of anilines is 1. The normalized spacial score (nSPS) is 23.2. The Morgan fingerprint density at radius 2 is 2.11 bits per heavy atom. The summed E-state index contributed by atoms with van der Waals surface area (Å²) in [7, 11) is 2.14. The van der Waals surface area contributed by atoms with Crippen molar-refractivity contribution >= 4 is 5.69 Å². The average Bonchev–Trinajstić information content (AvgIpc) is 2.32. The fourth-order valence-corrected chi connectivity index (χ4v) is 2.45. The Balaban J connectivity index is 2.28. The van der Waals surface area contributed by atoms with Gasteiger partial charge in [0.2, 0.25) is 0 Å².